The summed E-state index contributed by atoms with van der Waals surface area (Å²) < 4.78 is 9.47. The van der Waals surface area contributed by atoms with Crippen molar-refractivity contribution in [3.63, 3.8) is 0 Å². The van der Waals surface area contributed by atoms with Gasteiger partial charge in [0.05, 0.1) is 20.3 Å². The van der Waals surface area contributed by atoms with Crippen molar-refractivity contribution in [2.24, 2.45) is 5.92 Å². The predicted molar refractivity (Wildman–Crippen MR) is 39.8 cm³/mol. The quantitative estimate of drug-likeness (QED) is 0.348. The van der Waals surface area contributed by atoms with Crippen LogP contribution in [0.1, 0.15) is 12.8 Å². The molecule has 62 valence electrons. The molecule has 0 spiro atoms. The van der Waals surface area contributed by atoms with Gasteiger partial charge in [-0.2, -0.15) is 0 Å². The number of hydrogen-bond acceptors (Lipinski definition) is 3. The summed E-state index contributed by atoms with van der Waals surface area (Å²) in [4.78, 5) is 10.7. The van der Waals surface area contributed by atoms with Gasteiger partial charge < -0.3 is 9.47 Å². The normalized spacial score (nSPS) is 17.8. The van der Waals surface area contributed by atoms with Gasteiger partial charge in [-0.3, -0.25) is 0 Å². The average molecular weight is 156 g/mol. The fourth-order valence-corrected chi connectivity index (χ4v) is 0.886. The summed E-state index contributed by atoms with van der Waals surface area (Å²) in [5.74, 6) is 0.865. The van der Waals surface area contributed by atoms with Gasteiger partial charge in [-0.25, -0.2) is 4.79 Å². The number of carbonyl (C=O) groups is 1. The van der Waals surface area contributed by atoms with Gasteiger partial charge in [-0.1, -0.05) is 0 Å². The van der Waals surface area contributed by atoms with Crippen molar-refractivity contribution in [1.29, 1.82) is 0 Å². The molecular weight excluding hydrogens is 144 g/mol. The van der Waals surface area contributed by atoms with Gasteiger partial charge in [0, 0.05) is 5.92 Å². The molecule has 0 aromatic carbocycles. The monoisotopic (exact) mass is 156 g/mol. The largest absolute Gasteiger partial charge is 0.501 e. The number of carbonyl (C=O) groups excluding carboxylic acids is 1. The van der Waals surface area contributed by atoms with Crippen LogP contribution < -0.4 is 0 Å². The van der Waals surface area contributed by atoms with E-state index in [4.69, 9.17) is 4.74 Å². The van der Waals surface area contributed by atoms with Crippen LogP contribution in [0.5, 0.6) is 0 Å². The summed E-state index contributed by atoms with van der Waals surface area (Å²) in [7, 11) is 2.94. The second-order valence-electron chi connectivity index (χ2n) is 2.55. The van der Waals surface area contributed by atoms with E-state index in [0.717, 1.165) is 18.6 Å². The zero-order valence-electron chi connectivity index (χ0n) is 6.79. The Hall–Kier alpha value is -0.990. The standard InChI is InChI=1S/C8H12O3/c1-10-7(6-3-4-6)5-8(9)11-2/h5-6H,3-4H2,1-2H3/b7-5+. The Bertz CT molecular complexity index is 180. The zero-order chi connectivity index (χ0) is 8.27. The molecular formula is C8H12O3. The molecule has 1 saturated carbocycles. The Morgan fingerprint density at radius 1 is 1.36 bits per heavy atom. The van der Waals surface area contributed by atoms with Crippen molar-refractivity contribution < 1.29 is 14.3 Å². The minimum Gasteiger partial charge on any atom is -0.501 e. The number of methoxy groups -OCH3 is 2. The first-order valence-corrected chi connectivity index (χ1v) is 3.61. The predicted octanol–water partition coefficient (Wildman–Crippen LogP) is 1.10. The van der Waals surface area contributed by atoms with Crippen LogP contribution in [0.2, 0.25) is 0 Å². The van der Waals surface area contributed by atoms with Crippen LogP contribution in [0.4, 0.5) is 0 Å². The zero-order valence-corrected chi connectivity index (χ0v) is 6.79. The van der Waals surface area contributed by atoms with Gasteiger partial charge in [-0.15, -0.1) is 0 Å². The topological polar surface area (TPSA) is 35.5 Å². The minimum absolute atomic E-state index is 0.339. The highest BCUT2D eigenvalue weighted by Crippen LogP contribution is 2.36. The second-order valence-corrected chi connectivity index (χ2v) is 2.55. The van der Waals surface area contributed by atoms with Crippen LogP contribution in [0.15, 0.2) is 11.8 Å². The number of allylic oxidation sites excluding steroid dienone is 1. The van der Waals surface area contributed by atoms with Gasteiger partial charge in [-0.05, 0) is 12.8 Å². The van der Waals surface area contributed by atoms with E-state index in [1.54, 1.807) is 7.11 Å². The van der Waals surface area contributed by atoms with Crippen molar-refractivity contribution in [2.45, 2.75) is 12.8 Å². The summed E-state index contributed by atoms with van der Waals surface area (Å²) >= 11 is 0. The van der Waals surface area contributed by atoms with Crippen LogP contribution in [0.25, 0.3) is 0 Å². The SMILES string of the molecule is COC(=O)/C=C(/OC)C1CC1. The maximum atomic E-state index is 10.7. The average Bonchev–Trinajstić information content (AvgIpc) is 2.82. The molecule has 1 aliphatic rings. The summed E-state index contributed by atoms with van der Waals surface area (Å²) in [6.07, 6.45) is 3.66. The molecule has 0 radical (unpaired) electrons. The summed E-state index contributed by atoms with van der Waals surface area (Å²) in [6, 6.07) is 0. The molecule has 0 aromatic rings. The van der Waals surface area contributed by atoms with Gasteiger partial charge in [0.2, 0.25) is 0 Å². The molecule has 0 saturated heterocycles. The molecule has 1 rings (SSSR count). The molecule has 0 unspecified atom stereocenters. The number of esters is 1. The summed E-state index contributed by atoms with van der Waals surface area (Å²) in [5.41, 5.74) is 0. The van der Waals surface area contributed by atoms with Crippen LogP contribution in [-0.4, -0.2) is 20.2 Å². The maximum absolute atomic E-state index is 10.7. The molecule has 3 heteroatoms. The first-order chi connectivity index (χ1) is 5.27. The molecule has 11 heavy (non-hydrogen) atoms. The Labute approximate surface area is 66.0 Å². The fraction of sp³-hybridized carbons (Fsp3) is 0.625. The lowest BCUT2D eigenvalue weighted by molar-refractivity contribution is -0.135. The Morgan fingerprint density at radius 2 is 2.00 bits per heavy atom. The molecule has 0 amide bonds. The van der Waals surface area contributed by atoms with Gasteiger partial charge >= 0.3 is 5.97 Å². The second kappa shape index (κ2) is 3.42. The molecule has 0 atom stereocenters. The Morgan fingerprint density at radius 3 is 2.36 bits per heavy atom. The van der Waals surface area contributed by atoms with Crippen LogP contribution in [-0.2, 0) is 14.3 Å². The molecule has 0 N–H and O–H groups in total. The number of rotatable bonds is 3. The lowest BCUT2D eigenvalue weighted by atomic mass is 10.3. The van der Waals surface area contributed by atoms with E-state index in [1.807, 2.05) is 0 Å². The van der Waals surface area contributed by atoms with Crippen molar-refractivity contribution >= 4 is 5.97 Å². The maximum Gasteiger partial charge on any atom is 0.333 e. The van der Waals surface area contributed by atoms with E-state index in [0.29, 0.717) is 5.92 Å². The van der Waals surface area contributed by atoms with Crippen LogP contribution in [0.3, 0.4) is 0 Å². The van der Waals surface area contributed by atoms with Gasteiger partial charge in [0.1, 0.15) is 5.76 Å². The van der Waals surface area contributed by atoms with E-state index in [2.05, 4.69) is 4.74 Å². The first kappa shape index (κ1) is 8.11. The minimum atomic E-state index is -0.339. The van der Waals surface area contributed by atoms with Crippen molar-refractivity contribution in [2.75, 3.05) is 14.2 Å². The highest BCUT2D eigenvalue weighted by Gasteiger charge is 2.27. The Balaban J connectivity index is 2.51. The van der Waals surface area contributed by atoms with E-state index in [-0.39, 0.29) is 5.97 Å². The molecule has 0 bridgehead atoms. The molecule has 3 nitrogen and oxygen atoms in total. The lowest BCUT2D eigenvalue weighted by Gasteiger charge is -2.01. The molecule has 0 heterocycles. The van der Waals surface area contributed by atoms with Crippen molar-refractivity contribution in [1.82, 2.24) is 0 Å². The molecule has 0 aromatic heterocycles. The fourth-order valence-electron chi connectivity index (χ4n) is 0.886. The number of ether oxygens (including phenoxy) is 2. The third kappa shape index (κ3) is 2.26. The van der Waals surface area contributed by atoms with E-state index >= 15 is 0 Å². The molecule has 1 fully saturated rings. The van der Waals surface area contributed by atoms with E-state index < -0.39 is 0 Å². The summed E-state index contributed by atoms with van der Waals surface area (Å²) in [5, 5.41) is 0. The van der Waals surface area contributed by atoms with E-state index in [9.17, 15) is 4.79 Å². The third-order valence-electron chi connectivity index (χ3n) is 1.68. The first-order valence-electron chi connectivity index (χ1n) is 3.61. The molecule has 0 aliphatic heterocycles. The third-order valence-corrected chi connectivity index (χ3v) is 1.68. The highest BCUT2D eigenvalue weighted by molar-refractivity contribution is 5.82. The van der Waals surface area contributed by atoms with Crippen LogP contribution in [0, 0.1) is 5.92 Å². The summed E-state index contributed by atoms with van der Waals surface area (Å²) in [6.45, 7) is 0. The highest BCUT2D eigenvalue weighted by atomic mass is 16.5. The Kier molecular flexibility index (Phi) is 2.52. The molecule has 1 aliphatic carbocycles. The van der Waals surface area contributed by atoms with Crippen molar-refractivity contribution in [3.8, 4) is 0 Å². The van der Waals surface area contributed by atoms with Crippen LogP contribution >= 0.6 is 0 Å². The van der Waals surface area contributed by atoms with Crippen molar-refractivity contribution in [3.05, 3.63) is 11.8 Å². The smallest absolute Gasteiger partial charge is 0.333 e. The van der Waals surface area contributed by atoms with E-state index in [1.165, 1.54) is 13.2 Å². The number of hydrogen-bond donors (Lipinski definition) is 0. The lowest BCUT2D eigenvalue weighted by Crippen LogP contribution is -1.99. The van der Waals surface area contributed by atoms with Gasteiger partial charge in [0.25, 0.3) is 0 Å². The van der Waals surface area contributed by atoms with Gasteiger partial charge in [0.15, 0.2) is 0 Å².